The lowest BCUT2D eigenvalue weighted by molar-refractivity contribution is -0.385. The van der Waals surface area contributed by atoms with Crippen LogP contribution in [-0.4, -0.2) is 22.5 Å². The first kappa shape index (κ1) is 14.2. The van der Waals surface area contributed by atoms with Gasteiger partial charge in [0.05, 0.1) is 21.5 Å². The highest BCUT2D eigenvalue weighted by Crippen LogP contribution is 2.29. The Labute approximate surface area is 120 Å². The van der Waals surface area contributed by atoms with Gasteiger partial charge in [0.15, 0.2) is 0 Å². The number of esters is 1. The molecule has 1 heterocycles. The van der Waals surface area contributed by atoms with Gasteiger partial charge in [-0.3, -0.25) is 14.9 Å². The third kappa shape index (κ3) is 2.55. The fourth-order valence-corrected chi connectivity index (χ4v) is 2.22. The maximum Gasteiger partial charge on any atom is 0.343 e. The molecular formula is C12H9BrN2O5. The van der Waals surface area contributed by atoms with Crippen LogP contribution in [0.2, 0.25) is 0 Å². The number of pyridine rings is 1. The van der Waals surface area contributed by atoms with Crippen LogP contribution < -0.4 is 5.56 Å². The van der Waals surface area contributed by atoms with Gasteiger partial charge in [-0.05, 0) is 35.0 Å². The third-order valence-electron chi connectivity index (χ3n) is 2.60. The lowest BCUT2D eigenvalue weighted by Crippen LogP contribution is -2.19. The summed E-state index contributed by atoms with van der Waals surface area (Å²) in [5.74, 6) is -0.731. The number of nitrogens with zero attached hydrogens (tertiary/aromatic N) is 1. The van der Waals surface area contributed by atoms with Crippen molar-refractivity contribution in [3.05, 3.63) is 48.7 Å². The van der Waals surface area contributed by atoms with Crippen molar-refractivity contribution in [3.8, 4) is 0 Å². The zero-order valence-electron chi connectivity index (χ0n) is 10.3. The Balaban J connectivity index is 2.66. The quantitative estimate of drug-likeness (QED) is 0.525. The van der Waals surface area contributed by atoms with Crippen LogP contribution in [0.3, 0.4) is 0 Å². The molecule has 0 aliphatic carbocycles. The zero-order valence-corrected chi connectivity index (χ0v) is 11.9. The Morgan fingerprint density at radius 1 is 1.45 bits per heavy atom. The van der Waals surface area contributed by atoms with E-state index in [1.54, 1.807) is 6.92 Å². The molecule has 7 nitrogen and oxygen atoms in total. The Morgan fingerprint density at radius 2 is 2.15 bits per heavy atom. The van der Waals surface area contributed by atoms with Crippen molar-refractivity contribution in [1.82, 2.24) is 4.98 Å². The predicted molar refractivity (Wildman–Crippen MR) is 74.9 cm³/mol. The standard InChI is InChI=1S/C12H9BrN2O5/c1-2-20-12(17)7-3-6-4-8(13)10(15(18)19)5-9(6)14-11(7)16/h3-5H,2H2,1H3,(H,14,16). The summed E-state index contributed by atoms with van der Waals surface area (Å²) < 4.78 is 5.03. The summed E-state index contributed by atoms with van der Waals surface area (Å²) in [7, 11) is 0. The molecule has 0 saturated carbocycles. The second-order valence-corrected chi connectivity index (χ2v) is 4.73. The van der Waals surface area contributed by atoms with Crippen LogP contribution in [0.4, 0.5) is 5.69 Å². The van der Waals surface area contributed by atoms with Gasteiger partial charge in [0.2, 0.25) is 0 Å². The van der Waals surface area contributed by atoms with Crippen molar-refractivity contribution in [2.45, 2.75) is 6.92 Å². The number of aromatic nitrogens is 1. The molecule has 2 aromatic rings. The number of ether oxygens (including phenoxy) is 1. The monoisotopic (exact) mass is 340 g/mol. The van der Waals surface area contributed by atoms with Crippen LogP contribution in [0, 0.1) is 10.1 Å². The number of nitro groups is 1. The molecule has 0 bridgehead atoms. The molecule has 20 heavy (non-hydrogen) atoms. The van der Waals surface area contributed by atoms with Gasteiger partial charge in [0.25, 0.3) is 11.2 Å². The second-order valence-electron chi connectivity index (χ2n) is 3.88. The zero-order chi connectivity index (χ0) is 14.9. The molecule has 0 aliphatic rings. The van der Waals surface area contributed by atoms with Crippen molar-refractivity contribution in [2.75, 3.05) is 6.61 Å². The fraction of sp³-hybridized carbons (Fsp3) is 0.167. The summed E-state index contributed by atoms with van der Waals surface area (Å²) in [6.07, 6.45) is 0. The van der Waals surface area contributed by atoms with Gasteiger partial charge >= 0.3 is 5.97 Å². The maximum atomic E-state index is 11.8. The molecule has 104 valence electrons. The van der Waals surface area contributed by atoms with E-state index in [1.807, 2.05) is 0 Å². The first-order valence-corrected chi connectivity index (χ1v) is 6.41. The SMILES string of the molecule is CCOC(=O)c1cc2cc(Br)c([N+](=O)[O-])cc2[nH]c1=O. The number of nitro benzene ring substituents is 1. The van der Waals surface area contributed by atoms with E-state index in [2.05, 4.69) is 20.9 Å². The summed E-state index contributed by atoms with van der Waals surface area (Å²) in [5.41, 5.74) is -0.678. The molecule has 1 aromatic heterocycles. The number of carbonyl (C=O) groups is 1. The van der Waals surface area contributed by atoms with E-state index >= 15 is 0 Å². The molecule has 2 rings (SSSR count). The first-order valence-electron chi connectivity index (χ1n) is 5.62. The smallest absolute Gasteiger partial charge is 0.343 e. The molecule has 0 saturated heterocycles. The van der Waals surface area contributed by atoms with Crippen LogP contribution in [0.5, 0.6) is 0 Å². The number of aromatic amines is 1. The first-order chi connectivity index (χ1) is 9.43. The molecule has 0 radical (unpaired) electrons. The Bertz CT molecular complexity index is 768. The summed E-state index contributed by atoms with van der Waals surface area (Å²) in [6, 6.07) is 4.04. The lowest BCUT2D eigenvalue weighted by Gasteiger charge is -2.04. The van der Waals surface area contributed by atoms with Crippen molar-refractivity contribution in [1.29, 1.82) is 0 Å². The van der Waals surface area contributed by atoms with Crippen LogP contribution in [0.25, 0.3) is 10.9 Å². The number of benzene rings is 1. The molecule has 0 atom stereocenters. The van der Waals surface area contributed by atoms with Crippen LogP contribution in [0.15, 0.2) is 27.5 Å². The molecule has 0 amide bonds. The predicted octanol–water partition coefficient (Wildman–Crippen LogP) is 2.38. The minimum absolute atomic E-state index is 0.139. The minimum atomic E-state index is -0.731. The molecule has 0 unspecified atom stereocenters. The summed E-state index contributed by atoms with van der Waals surface area (Å²) in [4.78, 5) is 36.1. The topological polar surface area (TPSA) is 102 Å². The average molecular weight is 341 g/mol. The number of halogens is 1. The lowest BCUT2D eigenvalue weighted by atomic mass is 10.1. The summed E-state index contributed by atoms with van der Waals surface area (Å²) in [6.45, 7) is 1.79. The Hall–Kier alpha value is -2.22. The third-order valence-corrected chi connectivity index (χ3v) is 3.24. The highest BCUT2D eigenvalue weighted by atomic mass is 79.9. The Kier molecular flexibility index (Phi) is 3.84. The van der Waals surface area contributed by atoms with Crippen LogP contribution in [0.1, 0.15) is 17.3 Å². The van der Waals surface area contributed by atoms with Gasteiger partial charge in [-0.2, -0.15) is 0 Å². The van der Waals surface area contributed by atoms with E-state index < -0.39 is 16.5 Å². The van der Waals surface area contributed by atoms with Crippen molar-refractivity contribution < 1.29 is 14.5 Å². The van der Waals surface area contributed by atoms with Gasteiger partial charge in [0.1, 0.15) is 5.56 Å². The molecule has 0 aliphatic heterocycles. The van der Waals surface area contributed by atoms with E-state index in [1.165, 1.54) is 18.2 Å². The van der Waals surface area contributed by atoms with E-state index in [4.69, 9.17) is 4.74 Å². The van der Waals surface area contributed by atoms with E-state index in [9.17, 15) is 19.7 Å². The average Bonchev–Trinajstić information content (AvgIpc) is 2.37. The number of rotatable bonds is 3. The van der Waals surface area contributed by atoms with Gasteiger partial charge in [-0.15, -0.1) is 0 Å². The van der Waals surface area contributed by atoms with Crippen molar-refractivity contribution in [2.24, 2.45) is 0 Å². The van der Waals surface area contributed by atoms with Gasteiger partial charge in [-0.1, -0.05) is 0 Å². The van der Waals surface area contributed by atoms with Gasteiger partial charge in [0, 0.05) is 11.5 Å². The largest absolute Gasteiger partial charge is 0.462 e. The fourth-order valence-electron chi connectivity index (χ4n) is 1.72. The van der Waals surface area contributed by atoms with Gasteiger partial charge < -0.3 is 9.72 Å². The summed E-state index contributed by atoms with van der Waals surface area (Å²) in [5, 5.41) is 11.3. The molecular weight excluding hydrogens is 332 g/mol. The normalized spacial score (nSPS) is 10.5. The van der Waals surface area contributed by atoms with Crippen LogP contribution >= 0.6 is 15.9 Å². The maximum absolute atomic E-state index is 11.8. The molecule has 0 spiro atoms. The number of fused-ring (bicyclic) bond motifs is 1. The van der Waals surface area contributed by atoms with E-state index in [0.29, 0.717) is 5.39 Å². The molecule has 8 heteroatoms. The number of hydrogen-bond donors (Lipinski definition) is 1. The Morgan fingerprint density at radius 3 is 2.75 bits per heavy atom. The number of hydrogen-bond acceptors (Lipinski definition) is 5. The van der Waals surface area contributed by atoms with E-state index in [0.717, 1.165) is 0 Å². The number of carbonyl (C=O) groups excluding carboxylic acids is 1. The second kappa shape index (κ2) is 5.41. The molecule has 1 aromatic carbocycles. The van der Waals surface area contributed by atoms with Crippen LogP contribution in [-0.2, 0) is 4.74 Å². The highest BCUT2D eigenvalue weighted by molar-refractivity contribution is 9.10. The summed E-state index contributed by atoms with van der Waals surface area (Å²) >= 11 is 3.08. The molecule has 1 N–H and O–H groups in total. The molecule has 0 fully saturated rings. The number of H-pyrrole nitrogens is 1. The minimum Gasteiger partial charge on any atom is -0.462 e. The van der Waals surface area contributed by atoms with E-state index in [-0.39, 0.29) is 27.8 Å². The van der Waals surface area contributed by atoms with Crippen molar-refractivity contribution in [3.63, 3.8) is 0 Å². The number of nitrogens with one attached hydrogen (secondary N) is 1. The highest BCUT2D eigenvalue weighted by Gasteiger charge is 2.17. The van der Waals surface area contributed by atoms with Crippen molar-refractivity contribution >= 4 is 38.5 Å². The van der Waals surface area contributed by atoms with Gasteiger partial charge in [-0.25, -0.2) is 4.79 Å².